The zero-order valence-corrected chi connectivity index (χ0v) is 17.0. The molecule has 25 heavy (non-hydrogen) atoms. The lowest BCUT2D eigenvalue weighted by Gasteiger charge is -2.18. The fraction of sp³-hybridized carbons (Fsp3) is 0.529. The van der Waals surface area contributed by atoms with Gasteiger partial charge in [-0.25, -0.2) is 0 Å². The van der Waals surface area contributed by atoms with Crippen molar-refractivity contribution in [3.63, 3.8) is 0 Å². The maximum atomic E-state index is 5.96. The number of anilines is 1. The molecule has 4 rings (SSSR count). The highest BCUT2D eigenvalue weighted by Crippen LogP contribution is 2.41. The average molecular weight is 444 g/mol. The molecule has 1 saturated heterocycles. The van der Waals surface area contributed by atoms with Gasteiger partial charge >= 0.3 is 0 Å². The molecule has 0 unspecified atom stereocenters. The van der Waals surface area contributed by atoms with E-state index in [1.165, 1.54) is 25.7 Å². The van der Waals surface area contributed by atoms with Crippen molar-refractivity contribution in [2.75, 3.05) is 30.3 Å². The van der Waals surface area contributed by atoms with Gasteiger partial charge in [0.15, 0.2) is 5.16 Å². The predicted octanol–water partition coefficient (Wildman–Crippen LogP) is 4.80. The van der Waals surface area contributed by atoms with E-state index in [4.69, 9.17) is 16.3 Å². The summed E-state index contributed by atoms with van der Waals surface area (Å²) in [6, 6.07) is 6.14. The maximum Gasteiger partial charge on any atom is 0.228 e. The summed E-state index contributed by atoms with van der Waals surface area (Å²) in [4.78, 5) is 2.37. The molecule has 0 atom stereocenters. The smallest absolute Gasteiger partial charge is 0.228 e. The highest BCUT2D eigenvalue weighted by Gasteiger charge is 2.32. The lowest BCUT2D eigenvalue weighted by Crippen LogP contribution is -2.22. The molecular weight excluding hydrogens is 424 g/mol. The van der Waals surface area contributed by atoms with Crippen LogP contribution >= 0.6 is 39.3 Å². The molecule has 0 amide bonds. The number of thioether (sulfide) groups is 1. The third kappa shape index (κ3) is 4.09. The van der Waals surface area contributed by atoms with Crippen molar-refractivity contribution in [2.45, 2.75) is 36.9 Å². The monoisotopic (exact) mass is 442 g/mol. The number of nitrogens with zero attached hydrogens (tertiary/aromatic N) is 4. The van der Waals surface area contributed by atoms with Gasteiger partial charge in [0.25, 0.3) is 0 Å². The van der Waals surface area contributed by atoms with Gasteiger partial charge in [0, 0.05) is 29.9 Å². The molecule has 0 radical (unpaired) electrons. The molecule has 0 bridgehead atoms. The minimum absolute atomic E-state index is 0.583. The van der Waals surface area contributed by atoms with E-state index in [1.54, 1.807) is 11.8 Å². The third-order valence-electron chi connectivity index (χ3n) is 4.41. The Labute approximate surface area is 165 Å². The van der Waals surface area contributed by atoms with Crippen molar-refractivity contribution in [3.05, 3.63) is 27.7 Å². The van der Waals surface area contributed by atoms with E-state index < -0.39 is 0 Å². The molecule has 2 heterocycles. The summed E-state index contributed by atoms with van der Waals surface area (Å²) < 4.78 is 9.06. The molecule has 1 aromatic carbocycles. The van der Waals surface area contributed by atoms with E-state index in [9.17, 15) is 0 Å². The Morgan fingerprint density at radius 3 is 2.76 bits per heavy atom. The van der Waals surface area contributed by atoms with Crippen LogP contribution in [-0.2, 0) is 0 Å². The molecule has 1 aliphatic heterocycles. The molecule has 134 valence electrons. The minimum Gasteiger partial charge on any atom is -0.492 e. The van der Waals surface area contributed by atoms with Crippen molar-refractivity contribution >= 4 is 45.2 Å². The summed E-state index contributed by atoms with van der Waals surface area (Å²) in [5, 5.41) is 10.6. The second kappa shape index (κ2) is 7.76. The minimum atomic E-state index is 0.583. The van der Waals surface area contributed by atoms with Crippen LogP contribution in [0.1, 0.15) is 31.7 Å². The molecule has 8 heteroatoms. The molecule has 0 N–H and O–H groups in total. The van der Waals surface area contributed by atoms with Crippen molar-refractivity contribution in [1.82, 2.24) is 14.8 Å². The molecule has 5 nitrogen and oxygen atoms in total. The topological polar surface area (TPSA) is 43.2 Å². The lowest BCUT2D eigenvalue weighted by molar-refractivity contribution is 0.341. The second-order valence-electron chi connectivity index (χ2n) is 6.35. The molecule has 1 aromatic heterocycles. The van der Waals surface area contributed by atoms with E-state index in [0.717, 1.165) is 40.2 Å². The fourth-order valence-electron chi connectivity index (χ4n) is 3.03. The van der Waals surface area contributed by atoms with Gasteiger partial charge in [-0.1, -0.05) is 23.4 Å². The van der Waals surface area contributed by atoms with Crippen LogP contribution in [-0.4, -0.2) is 40.2 Å². The summed E-state index contributed by atoms with van der Waals surface area (Å²) in [5.41, 5.74) is 0. The normalized spacial score (nSPS) is 17.3. The Hall–Kier alpha value is -0.920. The third-order valence-corrected chi connectivity index (χ3v) is 6.18. The molecule has 1 aliphatic carbocycles. The van der Waals surface area contributed by atoms with Gasteiger partial charge in [-0.15, -0.1) is 10.2 Å². The average Bonchev–Trinajstić information content (AvgIpc) is 3.12. The summed E-state index contributed by atoms with van der Waals surface area (Å²) >= 11 is 11.2. The second-order valence-corrected chi connectivity index (χ2v) is 8.70. The molecule has 2 aromatic rings. The number of ether oxygens (including phenoxy) is 1. The largest absolute Gasteiger partial charge is 0.492 e. The highest BCUT2D eigenvalue weighted by atomic mass is 79.9. The first kappa shape index (κ1) is 17.5. The number of hydrogen-bond donors (Lipinski definition) is 0. The Morgan fingerprint density at radius 1 is 1.24 bits per heavy atom. The Kier molecular flexibility index (Phi) is 5.43. The van der Waals surface area contributed by atoms with Crippen LogP contribution < -0.4 is 9.64 Å². The van der Waals surface area contributed by atoms with Gasteiger partial charge in [-0.05, 0) is 59.8 Å². The summed E-state index contributed by atoms with van der Waals surface area (Å²) in [5.74, 6) is 2.70. The standard InChI is InChI=1S/C17H20BrClN4OS/c18-14-11-12(19)3-6-15(14)24-9-10-25-17-21-20-16(22-7-1-2-8-22)23(17)13-4-5-13/h3,6,11,13H,1-2,4-5,7-10H2. The summed E-state index contributed by atoms with van der Waals surface area (Å²) in [6.07, 6.45) is 4.98. The highest BCUT2D eigenvalue weighted by molar-refractivity contribution is 9.10. The van der Waals surface area contributed by atoms with Crippen LogP contribution in [0.5, 0.6) is 5.75 Å². The van der Waals surface area contributed by atoms with Crippen LogP contribution in [0.25, 0.3) is 0 Å². The van der Waals surface area contributed by atoms with Crippen molar-refractivity contribution < 1.29 is 4.74 Å². The molecule has 2 fully saturated rings. The Balaban J connectivity index is 1.36. The SMILES string of the molecule is Clc1ccc(OCCSc2nnc(N3CCCC3)n2C2CC2)c(Br)c1. The van der Waals surface area contributed by atoms with Gasteiger partial charge in [-0.2, -0.15) is 0 Å². The summed E-state index contributed by atoms with van der Waals surface area (Å²) in [6.45, 7) is 2.81. The molecule has 2 aliphatic rings. The first-order valence-electron chi connectivity index (χ1n) is 8.63. The number of benzene rings is 1. The van der Waals surface area contributed by atoms with Gasteiger partial charge in [0.1, 0.15) is 5.75 Å². The lowest BCUT2D eigenvalue weighted by atomic mass is 10.3. The zero-order chi connectivity index (χ0) is 17.2. The van der Waals surface area contributed by atoms with Crippen molar-refractivity contribution in [3.8, 4) is 5.75 Å². The van der Waals surface area contributed by atoms with Crippen LogP contribution in [0.2, 0.25) is 5.02 Å². The number of halogens is 2. The molecule has 0 spiro atoms. The van der Waals surface area contributed by atoms with Crippen LogP contribution in [0.3, 0.4) is 0 Å². The van der Waals surface area contributed by atoms with E-state index in [1.807, 2.05) is 18.2 Å². The summed E-state index contributed by atoms with van der Waals surface area (Å²) in [7, 11) is 0. The van der Waals surface area contributed by atoms with Gasteiger partial charge < -0.3 is 9.64 Å². The molecular formula is C17H20BrClN4OS. The van der Waals surface area contributed by atoms with Gasteiger partial charge in [0.05, 0.1) is 11.1 Å². The van der Waals surface area contributed by atoms with E-state index in [2.05, 4.69) is 35.6 Å². The first-order valence-corrected chi connectivity index (χ1v) is 10.8. The van der Waals surface area contributed by atoms with Gasteiger partial charge in [-0.3, -0.25) is 4.57 Å². The fourth-order valence-corrected chi connectivity index (χ4v) is 4.64. The number of aromatic nitrogens is 3. The first-order chi connectivity index (χ1) is 12.2. The number of rotatable bonds is 7. The zero-order valence-electron chi connectivity index (χ0n) is 13.8. The van der Waals surface area contributed by atoms with Gasteiger partial charge in [0.2, 0.25) is 5.95 Å². The number of hydrogen-bond acceptors (Lipinski definition) is 5. The Morgan fingerprint density at radius 2 is 2.04 bits per heavy atom. The van der Waals surface area contributed by atoms with Crippen LogP contribution in [0, 0.1) is 0 Å². The van der Waals surface area contributed by atoms with Crippen LogP contribution in [0.4, 0.5) is 5.95 Å². The van der Waals surface area contributed by atoms with Crippen molar-refractivity contribution in [2.24, 2.45) is 0 Å². The Bertz CT molecular complexity index is 746. The van der Waals surface area contributed by atoms with Crippen molar-refractivity contribution in [1.29, 1.82) is 0 Å². The predicted molar refractivity (Wildman–Crippen MR) is 105 cm³/mol. The van der Waals surface area contributed by atoms with E-state index in [-0.39, 0.29) is 0 Å². The quantitative estimate of drug-likeness (QED) is 0.454. The van der Waals surface area contributed by atoms with E-state index in [0.29, 0.717) is 17.7 Å². The molecule has 1 saturated carbocycles. The maximum absolute atomic E-state index is 5.96. The van der Waals surface area contributed by atoms with E-state index >= 15 is 0 Å². The van der Waals surface area contributed by atoms with Crippen LogP contribution in [0.15, 0.2) is 27.8 Å².